The predicted molar refractivity (Wildman–Crippen MR) is 69.8 cm³/mol. The molecule has 1 N–H and O–H groups in total. The number of halogens is 1. The van der Waals surface area contributed by atoms with Gasteiger partial charge in [-0.1, -0.05) is 35.5 Å². The molecular weight excluding hydrogens is 274 g/mol. The zero-order valence-electron chi connectivity index (χ0n) is 9.50. The van der Waals surface area contributed by atoms with Crippen molar-refractivity contribution in [1.29, 1.82) is 0 Å². The summed E-state index contributed by atoms with van der Waals surface area (Å²) in [6.45, 7) is 0. The Hall–Kier alpha value is -1.53. The topological polar surface area (TPSA) is 68.0 Å². The Balaban J connectivity index is 2.28. The molecule has 0 saturated carbocycles. The van der Waals surface area contributed by atoms with Crippen molar-refractivity contribution in [2.75, 3.05) is 5.75 Å². The average Bonchev–Trinajstić information content (AvgIpc) is 2.68. The van der Waals surface area contributed by atoms with Gasteiger partial charge >= 0.3 is 5.97 Å². The van der Waals surface area contributed by atoms with Crippen molar-refractivity contribution in [1.82, 2.24) is 14.8 Å². The van der Waals surface area contributed by atoms with Crippen LogP contribution in [0.5, 0.6) is 0 Å². The normalized spacial score (nSPS) is 10.6. The number of thioether (sulfide) groups is 1. The van der Waals surface area contributed by atoms with Crippen molar-refractivity contribution in [2.24, 2.45) is 7.05 Å². The number of carbonyl (C=O) groups is 1. The van der Waals surface area contributed by atoms with E-state index >= 15 is 0 Å². The smallest absolute Gasteiger partial charge is 0.313 e. The van der Waals surface area contributed by atoms with Crippen LogP contribution in [-0.2, 0) is 11.8 Å². The second kappa shape index (κ2) is 5.41. The van der Waals surface area contributed by atoms with Gasteiger partial charge in [-0.2, -0.15) is 0 Å². The van der Waals surface area contributed by atoms with Crippen LogP contribution >= 0.6 is 23.4 Å². The zero-order chi connectivity index (χ0) is 13.1. The SMILES string of the molecule is Cn1c(SCC(=O)O)nnc1-c1cccc(Cl)c1. The molecule has 5 nitrogen and oxygen atoms in total. The molecule has 0 aliphatic heterocycles. The first-order valence-corrected chi connectivity index (χ1v) is 6.44. The van der Waals surface area contributed by atoms with Crippen LogP contribution < -0.4 is 0 Å². The molecule has 0 fully saturated rings. The summed E-state index contributed by atoms with van der Waals surface area (Å²) < 4.78 is 1.75. The van der Waals surface area contributed by atoms with E-state index in [4.69, 9.17) is 16.7 Å². The van der Waals surface area contributed by atoms with Gasteiger partial charge in [0.15, 0.2) is 11.0 Å². The van der Waals surface area contributed by atoms with Crippen LogP contribution in [0.15, 0.2) is 29.4 Å². The standard InChI is InChI=1S/C11H10ClN3O2S/c1-15-10(7-3-2-4-8(12)5-7)13-14-11(15)18-6-9(16)17/h2-5H,6H2,1H3,(H,16,17). The largest absolute Gasteiger partial charge is 0.481 e. The van der Waals surface area contributed by atoms with Gasteiger partial charge in [-0.3, -0.25) is 4.79 Å². The molecule has 94 valence electrons. The number of aromatic nitrogens is 3. The Bertz CT molecular complexity index is 585. The summed E-state index contributed by atoms with van der Waals surface area (Å²) in [5, 5.41) is 17.8. The Kier molecular flexibility index (Phi) is 3.88. The highest BCUT2D eigenvalue weighted by Crippen LogP contribution is 2.24. The second-order valence-corrected chi connectivity index (χ2v) is 4.94. The maximum absolute atomic E-state index is 10.5. The lowest BCUT2D eigenvalue weighted by atomic mass is 10.2. The molecule has 1 heterocycles. The zero-order valence-corrected chi connectivity index (χ0v) is 11.1. The summed E-state index contributed by atoms with van der Waals surface area (Å²) in [5.74, 6) is -0.265. The Morgan fingerprint density at radius 1 is 1.50 bits per heavy atom. The number of hydrogen-bond acceptors (Lipinski definition) is 4. The molecule has 0 saturated heterocycles. The maximum Gasteiger partial charge on any atom is 0.313 e. The molecule has 7 heteroatoms. The van der Waals surface area contributed by atoms with Gasteiger partial charge in [-0.15, -0.1) is 10.2 Å². The van der Waals surface area contributed by atoms with Crippen molar-refractivity contribution in [3.05, 3.63) is 29.3 Å². The molecule has 1 aromatic heterocycles. The fourth-order valence-electron chi connectivity index (χ4n) is 1.45. The summed E-state index contributed by atoms with van der Waals surface area (Å²) in [6, 6.07) is 7.27. The van der Waals surface area contributed by atoms with E-state index in [-0.39, 0.29) is 5.75 Å². The lowest BCUT2D eigenvalue weighted by Crippen LogP contribution is -2.00. The van der Waals surface area contributed by atoms with E-state index in [9.17, 15) is 4.79 Å². The molecule has 0 radical (unpaired) electrons. The van der Waals surface area contributed by atoms with E-state index in [0.29, 0.717) is 16.0 Å². The third-order valence-corrected chi connectivity index (χ3v) is 3.48. The van der Waals surface area contributed by atoms with Crippen LogP contribution in [0.25, 0.3) is 11.4 Å². The monoisotopic (exact) mass is 283 g/mol. The van der Waals surface area contributed by atoms with Gasteiger partial charge in [0, 0.05) is 17.6 Å². The lowest BCUT2D eigenvalue weighted by Gasteiger charge is -2.03. The highest BCUT2D eigenvalue weighted by atomic mass is 35.5. The molecule has 2 rings (SSSR count). The van der Waals surface area contributed by atoms with E-state index in [1.807, 2.05) is 12.1 Å². The molecule has 0 atom stereocenters. The van der Waals surface area contributed by atoms with Gasteiger partial charge in [0.25, 0.3) is 0 Å². The molecule has 0 aliphatic rings. The number of aliphatic carboxylic acids is 1. The molecule has 2 aromatic rings. The molecule has 0 spiro atoms. The number of rotatable bonds is 4. The number of nitrogens with zero attached hydrogens (tertiary/aromatic N) is 3. The highest BCUT2D eigenvalue weighted by Gasteiger charge is 2.12. The van der Waals surface area contributed by atoms with Crippen LogP contribution in [-0.4, -0.2) is 31.6 Å². The van der Waals surface area contributed by atoms with Gasteiger partial charge in [0.1, 0.15) is 0 Å². The quantitative estimate of drug-likeness (QED) is 0.872. The molecule has 0 aliphatic carbocycles. The van der Waals surface area contributed by atoms with Crippen LogP contribution in [0, 0.1) is 0 Å². The van der Waals surface area contributed by atoms with Crippen LogP contribution in [0.4, 0.5) is 0 Å². The van der Waals surface area contributed by atoms with E-state index in [0.717, 1.165) is 17.3 Å². The summed E-state index contributed by atoms with van der Waals surface area (Å²) in [4.78, 5) is 10.5. The summed E-state index contributed by atoms with van der Waals surface area (Å²) in [7, 11) is 1.79. The fourth-order valence-corrected chi connectivity index (χ4v) is 2.27. The Morgan fingerprint density at radius 2 is 2.28 bits per heavy atom. The van der Waals surface area contributed by atoms with Crippen LogP contribution in [0.1, 0.15) is 0 Å². The third kappa shape index (κ3) is 2.83. The van der Waals surface area contributed by atoms with Gasteiger partial charge < -0.3 is 9.67 Å². The van der Waals surface area contributed by atoms with Crippen LogP contribution in [0.3, 0.4) is 0 Å². The van der Waals surface area contributed by atoms with E-state index in [1.165, 1.54) is 0 Å². The summed E-state index contributed by atoms with van der Waals surface area (Å²) in [5.41, 5.74) is 0.847. The maximum atomic E-state index is 10.5. The van der Waals surface area contributed by atoms with Gasteiger partial charge in [-0.25, -0.2) is 0 Å². The number of benzene rings is 1. The molecule has 1 aromatic carbocycles. The molecule has 18 heavy (non-hydrogen) atoms. The van der Waals surface area contributed by atoms with E-state index in [2.05, 4.69) is 10.2 Å². The van der Waals surface area contributed by atoms with E-state index < -0.39 is 5.97 Å². The number of carboxylic acids is 1. The molecular formula is C11H10ClN3O2S. The first kappa shape index (κ1) is 12.9. The van der Waals surface area contributed by atoms with Crippen molar-refractivity contribution < 1.29 is 9.90 Å². The van der Waals surface area contributed by atoms with Crippen molar-refractivity contribution in [2.45, 2.75) is 5.16 Å². The first-order chi connectivity index (χ1) is 8.58. The van der Waals surface area contributed by atoms with Crippen molar-refractivity contribution in [3.63, 3.8) is 0 Å². The number of carboxylic acid groups (broad SMARTS) is 1. The Labute approximate surface area is 113 Å². The van der Waals surface area contributed by atoms with E-state index in [1.54, 1.807) is 23.7 Å². The van der Waals surface area contributed by atoms with Crippen molar-refractivity contribution in [3.8, 4) is 11.4 Å². The van der Waals surface area contributed by atoms with Gasteiger partial charge in [-0.05, 0) is 12.1 Å². The fraction of sp³-hybridized carbons (Fsp3) is 0.182. The van der Waals surface area contributed by atoms with Gasteiger partial charge in [0.2, 0.25) is 0 Å². The minimum absolute atomic E-state index is 0.0402. The summed E-state index contributed by atoms with van der Waals surface area (Å²) >= 11 is 7.05. The van der Waals surface area contributed by atoms with Gasteiger partial charge in [0.05, 0.1) is 5.75 Å². The molecule has 0 amide bonds. The summed E-state index contributed by atoms with van der Waals surface area (Å²) in [6.07, 6.45) is 0. The second-order valence-electron chi connectivity index (χ2n) is 3.56. The minimum Gasteiger partial charge on any atom is -0.481 e. The lowest BCUT2D eigenvalue weighted by molar-refractivity contribution is -0.133. The number of hydrogen-bond donors (Lipinski definition) is 1. The van der Waals surface area contributed by atoms with Crippen molar-refractivity contribution >= 4 is 29.3 Å². The highest BCUT2D eigenvalue weighted by molar-refractivity contribution is 7.99. The Morgan fingerprint density at radius 3 is 2.94 bits per heavy atom. The first-order valence-electron chi connectivity index (χ1n) is 5.08. The third-order valence-electron chi connectivity index (χ3n) is 2.24. The average molecular weight is 284 g/mol. The van der Waals surface area contributed by atoms with Crippen LogP contribution in [0.2, 0.25) is 5.02 Å². The minimum atomic E-state index is -0.882. The molecule has 0 unspecified atom stereocenters. The predicted octanol–water partition coefficient (Wildman–Crippen LogP) is 2.31. The molecule has 0 bridgehead atoms.